The van der Waals surface area contributed by atoms with Crippen LogP contribution in [0.4, 0.5) is 0 Å². The molecule has 0 aliphatic heterocycles. The van der Waals surface area contributed by atoms with Gasteiger partial charge >= 0.3 is 0 Å². The quantitative estimate of drug-likeness (QED) is 0.700. The van der Waals surface area contributed by atoms with Crippen molar-refractivity contribution >= 4 is 12.4 Å². The first-order chi connectivity index (χ1) is 6.21. The molecule has 0 aromatic rings. The first-order valence-electron chi connectivity index (χ1n) is 5.61. The van der Waals surface area contributed by atoms with Crippen LogP contribution in [0.5, 0.6) is 0 Å². The van der Waals surface area contributed by atoms with Gasteiger partial charge in [0.15, 0.2) is 0 Å². The fraction of sp³-hybridized carbons (Fsp3) is 1.00. The Balaban J connectivity index is 0.000000750. The molecule has 4 aliphatic carbocycles. The third kappa shape index (κ3) is 1.31. The van der Waals surface area contributed by atoms with Gasteiger partial charge in [-0.1, -0.05) is 0 Å². The van der Waals surface area contributed by atoms with Crippen LogP contribution in [0, 0.1) is 23.7 Å². The number of hydrogen-bond acceptors (Lipinski definition) is 2. The monoisotopic (exact) mass is 217 g/mol. The summed E-state index contributed by atoms with van der Waals surface area (Å²) in [6, 6.07) is 0. The van der Waals surface area contributed by atoms with E-state index in [1.807, 2.05) is 0 Å². The van der Waals surface area contributed by atoms with Gasteiger partial charge in [-0.25, -0.2) is 0 Å². The minimum atomic E-state index is 0. The molecule has 4 aliphatic rings. The zero-order valence-corrected chi connectivity index (χ0v) is 9.30. The molecule has 4 fully saturated rings. The highest BCUT2D eigenvalue weighted by Crippen LogP contribution is 2.57. The molecule has 3 heteroatoms. The Labute approximate surface area is 91.7 Å². The van der Waals surface area contributed by atoms with Crippen molar-refractivity contribution in [3.8, 4) is 0 Å². The van der Waals surface area contributed by atoms with E-state index in [0.29, 0.717) is 12.5 Å². The molecule has 0 radical (unpaired) electrons. The molecule has 3 atom stereocenters. The third-order valence-corrected chi connectivity index (χ3v) is 4.78. The van der Waals surface area contributed by atoms with Gasteiger partial charge in [-0.2, -0.15) is 0 Å². The average Bonchev–Trinajstić information content (AvgIpc) is 2.00. The summed E-state index contributed by atoms with van der Waals surface area (Å²) in [5, 5.41) is 9.38. The standard InChI is InChI=1S/C11H19NO.ClH/c12-11-4-7-1-8(5-11)3-9(2-7)10(11)6-13;/h7-10,13H,1-6,12H2;1H. The Kier molecular flexibility index (Phi) is 2.57. The topological polar surface area (TPSA) is 46.2 Å². The number of nitrogens with two attached hydrogens (primary N) is 1. The Bertz CT molecular complexity index is 219. The van der Waals surface area contributed by atoms with Gasteiger partial charge in [0, 0.05) is 18.1 Å². The summed E-state index contributed by atoms with van der Waals surface area (Å²) in [4.78, 5) is 0. The van der Waals surface area contributed by atoms with Crippen LogP contribution in [0.1, 0.15) is 32.1 Å². The van der Waals surface area contributed by atoms with E-state index < -0.39 is 0 Å². The van der Waals surface area contributed by atoms with Crippen LogP contribution in [0.15, 0.2) is 0 Å². The van der Waals surface area contributed by atoms with Crippen molar-refractivity contribution in [3.05, 3.63) is 0 Å². The van der Waals surface area contributed by atoms with Crippen molar-refractivity contribution in [2.75, 3.05) is 6.61 Å². The summed E-state index contributed by atoms with van der Waals surface area (Å²) in [5.41, 5.74) is 6.43. The second-order valence-corrected chi connectivity index (χ2v) is 5.63. The molecule has 0 aromatic heterocycles. The number of halogens is 1. The lowest BCUT2D eigenvalue weighted by molar-refractivity contribution is -0.0742. The van der Waals surface area contributed by atoms with Gasteiger partial charge in [0.25, 0.3) is 0 Å². The highest BCUT2D eigenvalue weighted by atomic mass is 35.5. The second kappa shape index (κ2) is 3.36. The molecule has 3 N–H and O–H groups in total. The van der Waals surface area contributed by atoms with Gasteiger partial charge in [-0.05, 0) is 49.9 Å². The summed E-state index contributed by atoms with van der Waals surface area (Å²) in [5.74, 6) is 2.96. The molecule has 3 unspecified atom stereocenters. The largest absolute Gasteiger partial charge is 0.396 e. The predicted octanol–water partition coefficient (Wildman–Crippen LogP) is 1.55. The molecule has 14 heavy (non-hydrogen) atoms. The Morgan fingerprint density at radius 3 is 2.14 bits per heavy atom. The molecule has 0 spiro atoms. The number of aliphatic hydroxyl groups excluding tert-OH is 1. The molecule has 0 saturated heterocycles. The normalized spacial score (nSPS) is 54.4. The Morgan fingerprint density at radius 1 is 1.14 bits per heavy atom. The van der Waals surface area contributed by atoms with E-state index in [1.54, 1.807) is 0 Å². The predicted molar refractivity (Wildman–Crippen MR) is 58.3 cm³/mol. The zero-order chi connectivity index (χ0) is 9.05. The van der Waals surface area contributed by atoms with Gasteiger partial charge in [0.2, 0.25) is 0 Å². The van der Waals surface area contributed by atoms with Crippen LogP contribution in [-0.2, 0) is 0 Å². The van der Waals surface area contributed by atoms with Crippen LogP contribution in [0.25, 0.3) is 0 Å². The molecular formula is C11H20ClNO. The van der Waals surface area contributed by atoms with E-state index in [0.717, 1.165) is 17.8 Å². The minimum Gasteiger partial charge on any atom is -0.396 e. The highest BCUT2D eigenvalue weighted by molar-refractivity contribution is 5.85. The summed E-state index contributed by atoms with van der Waals surface area (Å²) < 4.78 is 0. The van der Waals surface area contributed by atoms with Gasteiger partial charge in [-0.15, -0.1) is 12.4 Å². The van der Waals surface area contributed by atoms with Crippen molar-refractivity contribution in [1.29, 1.82) is 0 Å². The van der Waals surface area contributed by atoms with Crippen molar-refractivity contribution in [3.63, 3.8) is 0 Å². The molecule has 4 rings (SSSR count). The number of rotatable bonds is 1. The van der Waals surface area contributed by atoms with Crippen molar-refractivity contribution in [1.82, 2.24) is 0 Å². The fourth-order valence-corrected chi connectivity index (χ4v) is 4.54. The third-order valence-electron chi connectivity index (χ3n) is 4.78. The van der Waals surface area contributed by atoms with Crippen molar-refractivity contribution < 1.29 is 5.11 Å². The first-order valence-corrected chi connectivity index (χ1v) is 5.61. The second-order valence-electron chi connectivity index (χ2n) is 5.63. The van der Waals surface area contributed by atoms with E-state index in [-0.39, 0.29) is 17.9 Å². The molecule has 82 valence electrons. The zero-order valence-electron chi connectivity index (χ0n) is 8.48. The van der Waals surface area contributed by atoms with Crippen LogP contribution >= 0.6 is 12.4 Å². The first kappa shape index (κ1) is 10.7. The van der Waals surface area contributed by atoms with Crippen molar-refractivity contribution in [2.24, 2.45) is 29.4 Å². The molecule has 0 heterocycles. The van der Waals surface area contributed by atoms with Crippen LogP contribution in [0.2, 0.25) is 0 Å². The molecular weight excluding hydrogens is 198 g/mol. The minimum absolute atomic E-state index is 0. The van der Waals surface area contributed by atoms with Crippen molar-refractivity contribution in [2.45, 2.75) is 37.6 Å². The van der Waals surface area contributed by atoms with Crippen LogP contribution in [-0.4, -0.2) is 17.3 Å². The van der Waals surface area contributed by atoms with Gasteiger partial charge in [-0.3, -0.25) is 0 Å². The maximum absolute atomic E-state index is 9.38. The van der Waals surface area contributed by atoms with E-state index in [4.69, 9.17) is 5.73 Å². The lowest BCUT2D eigenvalue weighted by Gasteiger charge is -2.59. The smallest absolute Gasteiger partial charge is 0.0479 e. The van der Waals surface area contributed by atoms with E-state index in [2.05, 4.69) is 0 Å². The molecule has 4 saturated carbocycles. The number of hydrogen-bond donors (Lipinski definition) is 2. The SMILES string of the molecule is Cl.NC12CC3CC(CC(C3)C1CO)C2. The molecule has 0 amide bonds. The van der Waals surface area contributed by atoms with Gasteiger partial charge < -0.3 is 10.8 Å². The summed E-state index contributed by atoms with van der Waals surface area (Å²) in [7, 11) is 0. The molecule has 4 bridgehead atoms. The molecule has 0 aromatic carbocycles. The highest BCUT2D eigenvalue weighted by Gasteiger charge is 2.54. The van der Waals surface area contributed by atoms with E-state index in [9.17, 15) is 5.11 Å². The summed E-state index contributed by atoms with van der Waals surface area (Å²) in [6.45, 7) is 0.320. The fourth-order valence-electron chi connectivity index (χ4n) is 4.54. The van der Waals surface area contributed by atoms with E-state index in [1.165, 1.54) is 32.1 Å². The Hall–Kier alpha value is 0.210. The summed E-state index contributed by atoms with van der Waals surface area (Å²) >= 11 is 0. The Morgan fingerprint density at radius 2 is 1.71 bits per heavy atom. The van der Waals surface area contributed by atoms with Gasteiger partial charge in [0.1, 0.15) is 0 Å². The van der Waals surface area contributed by atoms with E-state index >= 15 is 0 Å². The maximum atomic E-state index is 9.38. The maximum Gasteiger partial charge on any atom is 0.0479 e. The van der Waals surface area contributed by atoms with Gasteiger partial charge in [0.05, 0.1) is 0 Å². The molecule has 2 nitrogen and oxygen atoms in total. The van der Waals surface area contributed by atoms with Crippen LogP contribution in [0.3, 0.4) is 0 Å². The average molecular weight is 218 g/mol. The lowest BCUT2D eigenvalue weighted by atomic mass is 9.49. The van der Waals surface area contributed by atoms with Crippen LogP contribution < -0.4 is 5.73 Å². The lowest BCUT2D eigenvalue weighted by Crippen LogP contribution is -2.63. The number of aliphatic hydroxyl groups is 1. The summed E-state index contributed by atoms with van der Waals surface area (Å²) in [6.07, 6.45) is 6.49.